The molecule has 38 heavy (non-hydrogen) atoms. The molecule has 1 aliphatic heterocycles. The van der Waals surface area contributed by atoms with Gasteiger partial charge in [-0.2, -0.15) is 18.2 Å². The van der Waals surface area contributed by atoms with Crippen LogP contribution < -0.4 is 9.64 Å². The van der Waals surface area contributed by atoms with Crippen molar-refractivity contribution in [3.63, 3.8) is 0 Å². The Hall–Kier alpha value is -2.84. The first-order chi connectivity index (χ1) is 18.0. The number of rotatable bonds is 7. The molecule has 4 heterocycles. The van der Waals surface area contributed by atoms with Crippen LogP contribution in [0.5, 0.6) is 5.19 Å². The van der Waals surface area contributed by atoms with Gasteiger partial charge < -0.3 is 18.7 Å². The summed E-state index contributed by atoms with van der Waals surface area (Å²) in [7, 11) is 0. The molecule has 0 bridgehead atoms. The summed E-state index contributed by atoms with van der Waals surface area (Å²) < 4.78 is 65.8. The highest BCUT2D eigenvalue weighted by atomic mass is 32.2. The van der Waals surface area contributed by atoms with Gasteiger partial charge in [0.2, 0.25) is 4.96 Å². The molecule has 0 aliphatic carbocycles. The number of piperidine rings is 1. The van der Waals surface area contributed by atoms with Gasteiger partial charge in [0.1, 0.15) is 12.4 Å². The van der Waals surface area contributed by atoms with Gasteiger partial charge in [-0.3, -0.25) is 0 Å². The highest BCUT2D eigenvalue weighted by Gasteiger charge is 2.36. The Balaban J connectivity index is 1.25. The lowest BCUT2D eigenvalue weighted by Crippen LogP contribution is -2.38. The molecule has 1 aliphatic rings. The Bertz CT molecular complexity index is 1380. The quantitative estimate of drug-likeness (QED) is 0.273. The highest BCUT2D eigenvalue weighted by molar-refractivity contribution is 7.90. The standard InChI is InChI=1S/C24H27F3N6O3S2/c1-13(2)20-29-21(36-31-20)32-9-7-15(8-10-32)14(3)35-23-30-33-12-19(28-22(33)37-23)17-6-5-16(38(4)34)11-18(17)24(25,26)27/h5-6,11-15H,7-10H2,1-4H3. The van der Waals surface area contributed by atoms with Crippen molar-refractivity contribution < 1.29 is 27.0 Å². The van der Waals surface area contributed by atoms with E-state index in [0.29, 0.717) is 27.9 Å². The fraction of sp³-hybridized carbons (Fsp3) is 0.500. The van der Waals surface area contributed by atoms with Crippen LogP contribution in [0.15, 0.2) is 33.8 Å². The summed E-state index contributed by atoms with van der Waals surface area (Å²) in [6.07, 6.45) is -0.175. The van der Waals surface area contributed by atoms with Gasteiger partial charge in [0.25, 0.3) is 5.19 Å². The Morgan fingerprint density at radius 1 is 1.18 bits per heavy atom. The third-order valence-electron chi connectivity index (χ3n) is 6.64. The lowest BCUT2D eigenvalue weighted by atomic mass is 9.92. The lowest BCUT2D eigenvalue weighted by Gasteiger charge is -2.33. The molecular formula is C24H27F3N6O3S2. The third kappa shape index (κ3) is 5.47. The van der Waals surface area contributed by atoms with Crippen LogP contribution in [0.3, 0.4) is 0 Å². The minimum Gasteiger partial charge on any atom is -0.612 e. The first-order valence-corrected chi connectivity index (χ1v) is 14.5. The molecule has 3 aromatic heterocycles. The minimum atomic E-state index is -4.62. The Labute approximate surface area is 224 Å². The van der Waals surface area contributed by atoms with Gasteiger partial charge >= 0.3 is 12.2 Å². The van der Waals surface area contributed by atoms with Crippen molar-refractivity contribution >= 4 is 33.5 Å². The minimum absolute atomic E-state index is 0.0891. The second-order valence-electron chi connectivity index (χ2n) is 9.62. The molecule has 1 aromatic carbocycles. The number of halogens is 3. The topological polar surface area (TPSA) is 105 Å². The predicted octanol–water partition coefficient (Wildman–Crippen LogP) is 5.40. The molecule has 2 atom stereocenters. The number of hydrogen-bond donors (Lipinski definition) is 0. The van der Waals surface area contributed by atoms with Crippen LogP contribution in [0.4, 0.5) is 19.2 Å². The monoisotopic (exact) mass is 568 g/mol. The first kappa shape index (κ1) is 26.8. The highest BCUT2D eigenvalue weighted by Crippen LogP contribution is 2.39. The Morgan fingerprint density at radius 2 is 1.92 bits per heavy atom. The summed E-state index contributed by atoms with van der Waals surface area (Å²) in [5.41, 5.74) is -0.833. The number of hydrogen-bond acceptors (Lipinski definition) is 9. The second kappa shape index (κ2) is 10.4. The molecule has 4 aromatic rings. The molecule has 5 rings (SSSR count). The maximum absolute atomic E-state index is 13.7. The zero-order chi connectivity index (χ0) is 27.2. The Morgan fingerprint density at radius 3 is 2.53 bits per heavy atom. The maximum Gasteiger partial charge on any atom is 0.417 e. The number of benzene rings is 1. The molecule has 2 unspecified atom stereocenters. The molecule has 0 N–H and O–H groups in total. The summed E-state index contributed by atoms with van der Waals surface area (Å²) in [5.74, 6) is 1.19. The van der Waals surface area contributed by atoms with Crippen molar-refractivity contribution in [3.05, 3.63) is 35.8 Å². The molecule has 1 fully saturated rings. The van der Waals surface area contributed by atoms with Crippen LogP contribution in [0.25, 0.3) is 16.2 Å². The van der Waals surface area contributed by atoms with Crippen molar-refractivity contribution in [3.8, 4) is 16.5 Å². The Kier molecular flexibility index (Phi) is 7.31. The largest absolute Gasteiger partial charge is 0.612 e. The lowest BCUT2D eigenvalue weighted by molar-refractivity contribution is -0.137. The number of fused-ring (bicyclic) bond motifs is 1. The first-order valence-electron chi connectivity index (χ1n) is 12.2. The summed E-state index contributed by atoms with van der Waals surface area (Å²) in [4.78, 5) is 11.4. The van der Waals surface area contributed by atoms with E-state index in [-0.39, 0.29) is 28.2 Å². The van der Waals surface area contributed by atoms with Gasteiger partial charge in [-0.1, -0.05) is 19.0 Å². The van der Waals surface area contributed by atoms with Crippen LogP contribution in [0, 0.1) is 5.92 Å². The summed E-state index contributed by atoms with van der Waals surface area (Å²) in [6.45, 7) is 7.58. The van der Waals surface area contributed by atoms with Crippen molar-refractivity contribution in [2.75, 3.05) is 24.2 Å². The van der Waals surface area contributed by atoms with Gasteiger partial charge in [0, 0.05) is 30.6 Å². The average molecular weight is 569 g/mol. The zero-order valence-corrected chi connectivity index (χ0v) is 22.9. The van der Waals surface area contributed by atoms with Crippen LogP contribution in [0.2, 0.25) is 0 Å². The van der Waals surface area contributed by atoms with Crippen LogP contribution in [-0.4, -0.2) is 54.7 Å². The molecule has 0 amide bonds. The van der Waals surface area contributed by atoms with E-state index in [1.165, 1.54) is 40.4 Å². The van der Waals surface area contributed by atoms with Gasteiger partial charge in [0.05, 0.1) is 17.5 Å². The second-order valence-corrected chi connectivity index (χ2v) is 11.9. The van der Waals surface area contributed by atoms with Crippen LogP contribution >= 0.6 is 11.3 Å². The molecular weight excluding hydrogens is 541 g/mol. The third-order valence-corrected chi connectivity index (χ3v) is 8.37. The molecule has 0 radical (unpaired) electrons. The van der Waals surface area contributed by atoms with E-state index in [0.717, 1.165) is 32.0 Å². The van der Waals surface area contributed by atoms with Crippen LogP contribution in [0.1, 0.15) is 50.9 Å². The van der Waals surface area contributed by atoms with Crippen molar-refractivity contribution in [1.82, 2.24) is 24.7 Å². The summed E-state index contributed by atoms with van der Waals surface area (Å²) in [5, 5.41) is 8.83. The van der Waals surface area contributed by atoms with E-state index in [2.05, 4.69) is 25.1 Å². The molecule has 14 heteroatoms. The average Bonchev–Trinajstić information content (AvgIpc) is 3.58. The smallest absolute Gasteiger partial charge is 0.417 e. The predicted molar refractivity (Wildman–Crippen MR) is 137 cm³/mol. The summed E-state index contributed by atoms with van der Waals surface area (Å²) >= 11 is -0.361. The van der Waals surface area contributed by atoms with E-state index in [1.54, 1.807) is 0 Å². The van der Waals surface area contributed by atoms with E-state index < -0.39 is 22.9 Å². The molecule has 9 nitrogen and oxygen atoms in total. The molecule has 0 spiro atoms. The fourth-order valence-corrected chi connectivity index (χ4v) is 5.78. The number of anilines is 1. The fourth-order valence-electron chi connectivity index (χ4n) is 4.42. The van der Waals surface area contributed by atoms with Gasteiger partial charge in [0.15, 0.2) is 10.7 Å². The van der Waals surface area contributed by atoms with Gasteiger partial charge in [-0.05, 0) is 60.3 Å². The van der Waals surface area contributed by atoms with Gasteiger partial charge in [-0.15, -0.1) is 5.10 Å². The summed E-state index contributed by atoms with van der Waals surface area (Å²) in [6, 6.07) is 4.18. The van der Waals surface area contributed by atoms with Gasteiger partial charge in [-0.25, -0.2) is 9.50 Å². The normalized spacial score (nSPS) is 16.9. The molecule has 0 saturated carbocycles. The van der Waals surface area contributed by atoms with E-state index in [1.807, 2.05) is 20.8 Å². The number of ether oxygens (including phenoxy) is 1. The number of imidazole rings is 1. The van der Waals surface area contributed by atoms with Crippen molar-refractivity contribution in [1.29, 1.82) is 0 Å². The maximum atomic E-state index is 13.7. The van der Waals surface area contributed by atoms with Crippen molar-refractivity contribution in [2.45, 2.75) is 56.7 Å². The molecule has 204 valence electrons. The van der Waals surface area contributed by atoms with Crippen molar-refractivity contribution in [2.24, 2.45) is 5.92 Å². The zero-order valence-electron chi connectivity index (χ0n) is 21.2. The SMILES string of the molecule is CC(C)c1noc(N2CCC(C(C)Oc3nn4cc(-c5ccc([S+](C)[O-])cc5C(F)(F)F)nc4s3)CC2)n1. The van der Waals surface area contributed by atoms with Crippen LogP contribution in [-0.2, 0) is 17.4 Å². The van der Waals surface area contributed by atoms with E-state index in [4.69, 9.17) is 9.26 Å². The van der Waals surface area contributed by atoms with E-state index in [9.17, 15) is 17.7 Å². The number of alkyl halides is 3. The number of aromatic nitrogens is 5. The number of nitrogens with zero attached hydrogens (tertiary/aromatic N) is 6. The molecule has 1 saturated heterocycles. The van der Waals surface area contributed by atoms with E-state index >= 15 is 0 Å².